The normalized spacial score (nSPS) is 14.0. The molecule has 0 spiro atoms. The highest BCUT2D eigenvalue weighted by atomic mass is 35.5. The van der Waals surface area contributed by atoms with Crippen molar-refractivity contribution in [3.05, 3.63) is 65.1 Å². The van der Waals surface area contributed by atoms with Crippen molar-refractivity contribution in [2.24, 2.45) is 0 Å². The molecule has 3 aromatic heterocycles. The number of halogens is 3. The Kier molecular flexibility index (Phi) is 7.56. The second-order valence-corrected chi connectivity index (χ2v) is 8.80. The monoisotopic (exact) mass is 531 g/mol. The maximum absolute atomic E-state index is 14.5. The summed E-state index contributed by atoms with van der Waals surface area (Å²) in [6, 6.07) is 3.82. The number of rotatable bonds is 6. The SMILES string of the molecule is CCc1cnc(N2CCC(n3cc(Cl)c4c(Nc5ccc(C(=O)O)cc5F)ncnc43)CC2)nc1.Cl. The molecule has 0 amide bonds. The summed E-state index contributed by atoms with van der Waals surface area (Å²) in [5.74, 6) is -0.812. The van der Waals surface area contributed by atoms with Crippen LogP contribution in [0.2, 0.25) is 5.02 Å². The number of hydrogen-bond donors (Lipinski definition) is 2. The van der Waals surface area contributed by atoms with Crippen LogP contribution in [0.5, 0.6) is 0 Å². The number of fused-ring (bicyclic) bond motifs is 1. The van der Waals surface area contributed by atoms with E-state index in [2.05, 4.69) is 37.1 Å². The molecule has 1 aliphatic heterocycles. The number of aromatic nitrogens is 5. The quantitative estimate of drug-likeness (QED) is 0.345. The van der Waals surface area contributed by atoms with Gasteiger partial charge in [0.05, 0.1) is 21.7 Å². The van der Waals surface area contributed by atoms with E-state index in [1.165, 1.54) is 18.5 Å². The van der Waals surface area contributed by atoms with Crippen LogP contribution in [0.3, 0.4) is 0 Å². The molecule has 4 aromatic rings. The minimum absolute atomic E-state index is 0. The van der Waals surface area contributed by atoms with Gasteiger partial charge in [0.25, 0.3) is 0 Å². The third-order valence-electron chi connectivity index (χ3n) is 6.27. The van der Waals surface area contributed by atoms with E-state index in [-0.39, 0.29) is 29.7 Å². The Morgan fingerprint density at radius 1 is 1.19 bits per heavy atom. The van der Waals surface area contributed by atoms with E-state index in [1.54, 1.807) is 0 Å². The molecule has 1 saturated heterocycles. The molecule has 1 aromatic carbocycles. The van der Waals surface area contributed by atoms with Crippen LogP contribution >= 0.6 is 24.0 Å². The lowest BCUT2D eigenvalue weighted by atomic mass is 10.1. The van der Waals surface area contributed by atoms with Crippen LogP contribution in [0.25, 0.3) is 11.0 Å². The molecule has 4 heterocycles. The number of carbonyl (C=O) groups is 1. The molecule has 0 aliphatic carbocycles. The third-order valence-corrected chi connectivity index (χ3v) is 6.56. The van der Waals surface area contributed by atoms with Gasteiger partial charge in [0.2, 0.25) is 5.95 Å². The molecule has 0 bridgehead atoms. The summed E-state index contributed by atoms with van der Waals surface area (Å²) < 4.78 is 16.5. The minimum Gasteiger partial charge on any atom is -0.478 e. The van der Waals surface area contributed by atoms with Crippen molar-refractivity contribution in [2.45, 2.75) is 32.2 Å². The van der Waals surface area contributed by atoms with Gasteiger partial charge in [-0.15, -0.1) is 12.4 Å². The predicted octanol–water partition coefficient (Wildman–Crippen LogP) is 5.28. The molecule has 1 aliphatic rings. The molecule has 188 valence electrons. The Labute approximate surface area is 217 Å². The number of piperidine rings is 1. The fourth-order valence-corrected chi connectivity index (χ4v) is 4.61. The van der Waals surface area contributed by atoms with Crippen molar-refractivity contribution in [3.8, 4) is 0 Å². The number of aromatic carboxylic acids is 1. The molecule has 12 heteroatoms. The molecule has 0 saturated carbocycles. The predicted molar refractivity (Wildman–Crippen MR) is 138 cm³/mol. The van der Waals surface area contributed by atoms with Crippen LogP contribution in [0.15, 0.2) is 43.1 Å². The number of carboxylic acids is 1. The first-order valence-electron chi connectivity index (χ1n) is 11.3. The average Bonchev–Trinajstić information content (AvgIpc) is 3.22. The molecule has 0 unspecified atom stereocenters. The van der Waals surface area contributed by atoms with Gasteiger partial charge >= 0.3 is 5.97 Å². The lowest BCUT2D eigenvalue weighted by Gasteiger charge is -2.32. The summed E-state index contributed by atoms with van der Waals surface area (Å²) >= 11 is 6.59. The molecule has 2 N–H and O–H groups in total. The van der Waals surface area contributed by atoms with Gasteiger partial charge < -0.3 is 19.9 Å². The first-order valence-corrected chi connectivity index (χ1v) is 11.7. The lowest BCUT2D eigenvalue weighted by Crippen LogP contribution is -2.35. The zero-order chi connectivity index (χ0) is 24.5. The first kappa shape index (κ1) is 25.6. The van der Waals surface area contributed by atoms with Crippen LogP contribution in [-0.2, 0) is 6.42 Å². The van der Waals surface area contributed by atoms with Crippen molar-refractivity contribution < 1.29 is 14.3 Å². The van der Waals surface area contributed by atoms with Gasteiger partial charge in [-0.1, -0.05) is 18.5 Å². The number of nitrogens with one attached hydrogen (secondary N) is 1. The average molecular weight is 532 g/mol. The van der Waals surface area contributed by atoms with E-state index in [0.717, 1.165) is 49.9 Å². The zero-order valence-electron chi connectivity index (χ0n) is 19.4. The van der Waals surface area contributed by atoms with Crippen LogP contribution in [-0.4, -0.2) is 48.7 Å². The highest BCUT2D eigenvalue weighted by Gasteiger charge is 2.25. The van der Waals surface area contributed by atoms with E-state index in [0.29, 0.717) is 21.9 Å². The number of nitrogens with zero attached hydrogens (tertiary/aromatic N) is 6. The van der Waals surface area contributed by atoms with Gasteiger partial charge in [0.15, 0.2) is 0 Å². The molecule has 0 radical (unpaired) electrons. The number of anilines is 3. The van der Waals surface area contributed by atoms with Gasteiger partial charge in [-0.25, -0.2) is 29.1 Å². The van der Waals surface area contributed by atoms with Crippen molar-refractivity contribution in [1.29, 1.82) is 0 Å². The Bertz CT molecular complexity index is 1390. The molecular formula is C24H24Cl2FN7O2. The Balaban J connectivity index is 0.00000304. The van der Waals surface area contributed by atoms with E-state index in [9.17, 15) is 9.18 Å². The fraction of sp³-hybridized carbons (Fsp3) is 0.292. The second kappa shape index (κ2) is 10.6. The van der Waals surface area contributed by atoms with Crippen LogP contribution < -0.4 is 10.2 Å². The van der Waals surface area contributed by atoms with Crippen molar-refractivity contribution in [1.82, 2.24) is 24.5 Å². The van der Waals surface area contributed by atoms with Gasteiger partial charge in [0.1, 0.15) is 23.6 Å². The number of aryl methyl sites for hydroxylation is 1. The summed E-state index contributed by atoms with van der Waals surface area (Å²) in [6.45, 7) is 3.67. The summed E-state index contributed by atoms with van der Waals surface area (Å²) in [7, 11) is 0. The van der Waals surface area contributed by atoms with E-state index >= 15 is 0 Å². The number of hydrogen-bond acceptors (Lipinski definition) is 7. The Morgan fingerprint density at radius 2 is 1.92 bits per heavy atom. The van der Waals surface area contributed by atoms with Crippen molar-refractivity contribution in [3.63, 3.8) is 0 Å². The summed E-state index contributed by atoms with van der Waals surface area (Å²) in [5.41, 5.74) is 1.72. The minimum atomic E-state index is -1.20. The van der Waals surface area contributed by atoms with E-state index in [1.807, 2.05) is 23.2 Å². The molecule has 5 rings (SSSR count). The van der Waals surface area contributed by atoms with Gasteiger partial charge in [-0.3, -0.25) is 0 Å². The van der Waals surface area contributed by atoms with Gasteiger partial charge in [-0.05, 0) is 43.0 Å². The molecule has 1 fully saturated rings. The summed E-state index contributed by atoms with van der Waals surface area (Å²) in [5, 5.41) is 13.0. The van der Waals surface area contributed by atoms with Crippen molar-refractivity contribution in [2.75, 3.05) is 23.3 Å². The summed E-state index contributed by atoms with van der Waals surface area (Å²) in [4.78, 5) is 31.0. The third kappa shape index (κ3) is 4.91. The van der Waals surface area contributed by atoms with Gasteiger partial charge in [-0.2, -0.15) is 0 Å². The fourth-order valence-electron chi connectivity index (χ4n) is 4.33. The maximum Gasteiger partial charge on any atom is 0.335 e. The van der Waals surface area contributed by atoms with Gasteiger partial charge in [0, 0.05) is 37.7 Å². The van der Waals surface area contributed by atoms with E-state index < -0.39 is 11.8 Å². The summed E-state index contributed by atoms with van der Waals surface area (Å²) in [6.07, 6.45) is 9.60. The number of carboxylic acid groups (broad SMARTS) is 1. The van der Waals surface area contributed by atoms with Crippen LogP contribution in [0.4, 0.5) is 21.8 Å². The highest BCUT2D eigenvalue weighted by molar-refractivity contribution is 6.36. The lowest BCUT2D eigenvalue weighted by molar-refractivity contribution is 0.0696. The van der Waals surface area contributed by atoms with E-state index in [4.69, 9.17) is 16.7 Å². The topological polar surface area (TPSA) is 109 Å². The van der Waals surface area contributed by atoms with Crippen molar-refractivity contribution >= 4 is 58.5 Å². The standard InChI is InChI=1S/C24H23ClFN7O2.ClH/c1-2-14-10-27-24(28-11-14)32-7-5-16(6-8-32)33-12-17(25)20-21(29-13-30-22(20)33)31-19-4-3-15(23(34)35)9-18(19)26;/h3-4,9-13,16H,2,5-8H2,1H3,(H,34,35)(H,29,30,31);1H. The molecule has 0 atom stereocenters. The zero-order valence-corrected chi connectivity index (χ0v) is 20.9. The first-order chi connectivity index (χ1) is 16.9. The maximum atomic E-state index is 14.5. The second-order valence-electron chi connectivity index (χ2n) is 8.39. The van der Waals surface area contributed by atoms with Crippen LogP contribution in [0.1, 0.15) is 41.7 Å². The molecular weight excluding hydrogens is 508 g/mol. The molecule has 9 nitrogen and oxygen atoms in total. The Morgan fingerprint density at radius 3 is 2.56 bits per heavy atom. The number of benzene rings is 1. The highest BCUT2D eigenvalue weighted by Crippen LogP contribution is 2.36. The van der Waals surface area contributed by atoms with Crippen LogP contribution in [0, 0.1) is 5.82 Å². The Hall–Kier alpha value is -3.50. The molecule has 36 heavy (non-hydrogen) atoms. The smallest absolute Gasteiger partial charge is 0.335 e. The largest absolute Gasteiger partial charge is 0.478 e.